The molecule has 0 spiro atoms. The van der Waals surface area contributed by atoms with Crippen LogP contribution in [-0.2, 0) is 10.8 Å². The van der Waals surface area contributed by atoms with Crippen LogP contribution < -0.4 is 4.90 Å². The average molecular weight is 568 g/mol. The molecule has 2 aliphatic rings. The van der Waals surface area contributed by atoms with Gasteiger partial charge in [-0.3, -0.25) is 4.98 Å². The zero-order valence-electron chi connectivity index (χ0n) is 25.5. The van der Waals surface area contributed by atoms with Gasteiger partial charge in [0.25, 0.3) is 0 Å². The van der Waals surface area contributed by atoms with E-state index < -0.39 is 0 Å². The van der Waals surface area contributed by atoms with Gasteiger partial charge in [-0.25, -0.2) is 0 Å². The molecule has 0 N–H and O–H groups in total. The van der Waals surface area contributed by atoms with Crippen molar-refractivity contribution < 1.29 is 0 Å². The van der Waals surface area contributed by atoms with Crippen molar-refractivity contribution in [2.45, 2.75) is 38.5 Å². The lowest BCUT2D eigenvalue weighted by Gasteiger charge is -2.43. The van der Waals surface area contributed by atoms with Crippen LogP contribution in [0.4, 0.5) is 17.1 Å². The Hall–Kier alpha value is -5.15. The zero-order chi connectivity index (χ0) is 29.8. The Bertz CT molecular complexity index is 2180. The summed E-state index contributed by atoms with van der Waals surface area (Å²) < 4.78 is 2.59. The molecule has 0 saturated heterocycles. The Kier molecular flexibility index (Phi) is 5.02. The van der Waals surface area contributed by atoms with Crippen molar-refractivity contribution in [1.29, 1.82) is 0 Å². The fourth-order valence-electron chi connectivity index (χ4n) is 7.94. The number of para-hydroxylation sites is 3. The number of benzene rings is 5. The van der Waals surface area contributed by atoms with Crippen LogP contribution in [0.5, 0.6) is 0 Å². The molecule has 5 aromatic carbocycles. The van der Waals surface area contributed by atoms with E-state index in [1.165, 1.54) is 55.4 Å². The first kappa shape index (κ1) is 25.4. The number of aromatic nitrogens is 2. The van der Waals surface area contributed by atoms with Gasteiger partial charge in [0, 0.05) is 50.4 Å². The molecular formula is C41H33N3. The Balaban J connectivity index is 1.37. The molecule has 0 fully saturated rings. The lowest BCUT2D eigenvalue weighted by Crippen LogP contribution is -2.34. The van der Waals surface area contributed by atoms with Gasteiger partial charge in [0.05, 0.1) is 22.4 Å². The number of rotatable bonds is 4. The number of fused-ring (bicyclic) bond motifs is 1. The predicted molar refractivity (Wildman–Crippen MR) is 183 cm³/mol. The van der Waals surface area contributed by atoms with E-state index in [-0.39, 0.29) is 10.8 Å². The molecule has 3 nitrogen and oxygen atoms in total. The molecule has 0 unspecified atom stereocenters. The molecule has 0 bridgehead atoms. The van der Waals surface area contributed by atoms with E-state index >= 15 is 0 Å². The number of nitrogens with zero attached hydrogens (tertiary/aromatic N) is 3. The van der Waals surface area contributed by atoms with Crippen molar-refractivity contribution in [3.63, 3.8) is 0 Å². The lowest BCUT2D eigenvalue weighted by atomic mass is 9.68. The van der Waals surface area contributed by atoms with Crippen LogP contribution in [-0.4, -0.2) is 9.55 Å². The first-order valence-corrected chi connectivity index (χ1v) is 15.5. The van der Waals surface area contributed by atoms with E-state index in [0.717, 1.165) is 22.6 Å². The highest BCUT2D eigenvalue weighted by atomic mass is 15.1. The Morgan fingerprint density at radius 1 is 0.523 bits per heavy atom. The number of hydrogen-bond acceptors (Lipinski definition) is 2. The monoisotopic (exact) mass is 567 g/mol. The molecule has 3 heteroatoms. The topological polar surface area (TPSA) is 21.1 Å². The molecule has 9 rings (SSSR count). The number of pyridine rings is 1. The third kappa shape index (κ3) is 3.24. The highest BCUT2D eigenvalue weighted by Gasteiger charge is 2.44. The van der Waals surface area contributed by atoms with Gasteiger partial charge in [0.2, 0.25) is 0 Å². The van der Waals surface area contributed by atoms with Crippen LogP contribution >= 0.6 is 0 Å². The standard InChI is InChI=1S/C41H33N3/c1-40(2)32-19-11-17-30-31-18-12-20-33-38(31)44(37(30)32)39-34(40)24-29(25-35(39)41(33,3)4)43(27-14-6-5-7-15-27)28-16-10-13-26(23-28)36-21-8-9-22-42-36/h5-25H,1-4H3. The number of hydrogen-bond donors (Lipinski definition) is 0. The summed E-state index contributed by atoms with van der Waals surface area (Å²) in [5, 5.41) is 2.70. The van der Waals surface area contributed by atoms with Crippen molar-refractivity contribution in [3.8, 4) is 16.9 Å². The predicted octanol–water partition coefficient (Wildman–Crippen LogP) is 10.6. The Morgan fingerprint density at radius 3 is 1.73 bits per heavy atom. The summed E-state index contributed by atoms with van der Waals surface area (Å²) in [6.45, 7) is 9.61. The lowest BCUT2D eigenvalue weighted by molar-refractivity contribution is 0.594. The highest BCUT2D eigenvalue weighted by Crippen LogP contribution is 2.56. The van der Waals surface area contributed by atoms with Gasteiger partial charge in [-0.15, -0.1) is 0 Å². The molecule has 0 atom stereocenters. The van der Waals surface area contributed by atoms with E-state index in [4.69, 9.17) is 0 Å². The fraction of sp³-hybridized carbons (Fsp3) is 0.146. The van der Waals surface area contributed by atoms with Crippen LogP contribution in [0.25, 0.3) is 38.8 Å². The van der Waals surface area contributed by atoms with Gasteiger partial charge in [0.1, 0.15) is 0 Å². The SMILES string of the molecule is CC1(C)c2cc(N(c3ccccc3)c3cccc(-c4ccccn4)c3)cc3c2-n2c4c1cccc4c1cccc(c12)C3(C)C. The van der Waals surface area contributed by atoms with Crippen LogP contribution in [0.1, 0.15) is 49.9 Å². The minimum absolute atomic E-state index is 0.185. The molecule has 0 aliphatic carbocycles. The summed E-state index contributed by atoms with van der Waals surface area (Å²) in [4.78, 5) is 7.07. The molecule has 212 valence electrons. The maximum absolute atomic E-state index is 4.66. The van der Waals surface area contributed by atoms with Crippen LogP contribution in [0.2, 0.25) is 0 Å². The third-order valence-corrected chi connectivity index (χ3v) is 10.2. The summed E-state index contributed by atoms with van der Waals surface area (Å²) in [6.07, 6.45) is 1.86. The minimum atomic E-state index is -0.185. The van der Waals surface area contributed by atoms with Crippen molar-refractivity contribution in [1.82, 2.24) is 9.55 Å². The van der Waals surface area contributed by atoms with Crippen molar-refractivity contribution >= 4 is 38.9 Å². The van der Waals surface area contributed by atoms with Crippen LogP contribution in [0.3, 0.4) is 0 Å². The van der Waals surface area contributed by atoms with Crippen molar-refractivity contribution in [2.24, 2.45) is 0 Å². The van der Waals surface area contributed by atoms with E-state index in [1.807, 2.05) is 18.3 Å². The van der Waals surface area contributed by atoms with Gasteiger partial charge in [-0.05, 0) is 70.8 Å². The van der Waals surface area contributed by atoms with Gasteiger partial charge < -0.3 is 9.47 Å². The summed E-state index contributed by atoms with van der Waals surface area (Å²) in [7, 11) is 0. The molecule has 0 amide bonds. The highest BCUT2D eigenvalue weighted by molar-refractivity contribution is 6.14. The van der Waals surface area contributed by atoms with Gasteiger partial charge in [-0.2, -0.15) is 0 Å². The van der Waals surface area contributed by atoms with E-state index in [9.17, 15) is 0 Å². The second-order valence-electron chi connectivity index (χ2n) is 13.3. The molecule has 0 radical (unpaired) electrons. The molecular weight excluding hydrogens is 534 g/mol. The molecule has 4 heterocycles. The zero-order valence-corrected chi connectivity index (χ0v) is 25.5. The quantitative estimate of drug-likeness (QED) is 0.211. The fourth-order valence-corrected chi connectivity index (χ4v) is 7.94. The van der Waals surface area contributed by atoms with E-state index in [2.05, 4.69) is 151 Å². The first-order valence-electron chi connectivity index (χ1n) is 15.5. The molecule has 0 saturated carbocycles. The van der Waals surface area contributed by atoms with Crippen molar-refractivity contribution in [2.75, 3.05) is 4.90 Å². The van der Waals surface area contributed by atoms with Gasteiger partial charge in [-0.1, -0.05) is 100 Å². The number of anilines is 3. The first-order chi connectivity index (χ1) is 21.4. The normalized spacial score (nSPS) is 15.2. The average Bonchev–Trinajstić information content (AvgIpc) is 3.39. The Labute approximate surface area is 258 Å². The second kappa shape index (κ2) is 8.70. The summed E-state index contributed by atoms with van der Waals surface area (Å²) in [6, 6.07) is 44.3. The summed E-state index contributed by atoms with van der Waals surface area (Å²) in [5.74, 6) is 0. The maximum atomic E-state index is 4.66. The second-order valence-corrected chi connectivity index (χ2v) is 13.3. The summed E-state index contributed by atoms with van der Waals surface area (Å²) >= 11 is 0. The van der Waals surface area contributed by atoms with Gasteiger partial charge >= 0.3 is 0 Å². The van der Waals surface area contributed by atoms with Crippen LogP contribution in [0, 0.1) is 0 Å². The molecule has 7 aromatic rings. The third-order valence-electron chi connectivity index (χ3n) is 10.2. The van der Waals surface area contributed by atoms with E-state index in [0.29, 0.717) is 0 Å². The summed E-state index contributed by atoms with van der Waals surface area (Å²) in [5.41, 5.74) is 14.7. The smallest absolute Gasteiger partial charge is 0.0702 e. The van der Waals surface area contributed by atoms with Crippen LogP contribution in [0.15, 0.2) is 128 Å². The molecule has 44 heavy (non-hydrogen) atoms. The molecule has 2 aliphatic heterocycles. The molecule has 2 aromatic heterocycles. The maximum Gasteiger partial charge on any atom is 0.0702 e. The van der Waals surface area contributed by atoms with Gasteiger partial charge in [0.15, 0.2) is 0 Å². The van der Waals surface area contributed by atoms with Crippen molar-refractivity contribution in [3.05, 3.63) is 150 Å². The van der Waals surface area contributed by atoms with E-state index in [1.54, 1.807) is 0 Å². The minimum Gasteiger partial charge on any atom is -0.310 e. The Morgan fingerprint density at radius 2 is 1.11 bits per heavy atom. The largest absolute Gasteiger partial charge is 0.310 e.